The molecule has 0 fully saturated rings. The van der Waals surface area contributed by atoms with E-state index in [1.54, 1.807) is 19.2 Å². The lowest BCUT2D eigenvalue weighted by atomic mass is 10.0. The zero-order chi connectivity index (χ0) is 16.4. The molecular weight excluding hydrogens is 354 g/mol. The molecule has 0 spiro atoms. The molecule has 0 bridgehead atoms. The van der Waals surface area contributed by atoms with E-state index in [1.807, 2.05) is 12.1 Å². The van der Waals surface area contributed by atoms with Crippen LogP contribution in [0.3, 0.4) is 0 Å². The largest absolute Gasteiger partial charge is 0.481 e. The molecule has 1 amide bonds. The number of carboxylic acid groups (broad SMARTS) is 1. The van der Waals surface area contributed by atoms with Crippen molar-refractivity contribution in [2.75, 3.05) is 26.9 Å². The maximum atomic E-state index is 11.9. The molecule has 2 N–H and O–H groups in total. The van der Waals surface area contributed by atoms with Crippen LogP contribution in [0.25, 0.3) is 0 Å². The Hall–Kier alpha value is -1.44. The van der Waals surface area contributed by atoms with Crippen LogP contribution in [0.2, 0.25) is 0 Å². The number of halogens is 1. The second-order valence-electron chi connectivity index (χ2n) is 4.62. The van der Waals surface area contributed by atoms with Crippen LogP contribution in [0.5, 0.6) is 0 Å². The molecule has 0 saturated heterocycles. The van der Waals surface area contributed by atoms with Gasteiger partial charge in [0.25, 0.3) is 0 Å². The highest BCUT2D eigenvalue weighted by Gasteiger charge is 2.17. The highest BCUT2D eigenvalue weighted by atomic mass is 79.9. The van der Waals surface area contributed by atoms with Gasteiger partial charge in [0.1, 0.15) is 0 Å². The van der Waals surface area contributed by atoms with Gasteiger partial charge in [-0.3, -0.25) is 9.59 Å². The second kappa shape index (κ2) is 10.3. The molecule has 1 unspecified atom stereocenters. The average Bonchev–Trinajstić information content (AvgIpc) is 2.46. The molecule has 0 radical (unpaired) electrons. The molecule has 0 aliphatic rings. The van der Waals surface area contributed by atoms with Crippen molar-refractivity contribution >= 4 is 27.8 Å². The molecule has 1 rings (SSSR count). The maximum absolute atomic E-state index is 11.9. The lowest BCUT2D eigenvalue weighted by Gasteiger charge is -2.17. The van der Waals surface area contributed by atoms with Crippen LogP contribution in [-0.2, 0) is 19.1 Å². The zero-order valence-electron chi connectivity index (χ0n) is 12.4. The van der Waals surface area contributed by atoms with E-state index >= 15 is 0 Å². The Kier molecular flexibility index (Phi) is 8.72. The molecule has 7 heteroatoms. The number of methoxy groups -OCH3 is 1. The number of amides is 1. The van der Waals surface area contributed by atoms with Crippen LogP contribution in [0.4, 0.5) is 0 Å². The number of aliphatic carboxylic acids is 1. The summed E-state index contributed by atoms with van der Waals surface area (Å²) < 4.78 is 10.9. The number of nitrogens with one attached hydrogen (secondary N) is 1. The van der Waals surface area contributed by atoms with Crippen molar-refractivity contribution in [3.8, 4) is 0 Å². The third kappa shape index (κ3) is 7.53. The van der Waals surface area contributed by atoms with Crippen molar-refractivity contribution in [2.24, 2.45) is 0 Å². The van der Waals surface area contributed by atoms with E-state index in [1.165, 1.54) is 0 Å². The Balaban J connectivity index is 2.52. The van der Waals surface area contributed by atoms with Gasteiger partial charge in [0.2, 0.25) is 5.91 Å². The molecule has 1 aromatic rings. The van der Waals surface area contributed by atoms with Gasteiger partial charge in [-0.15, -0.1) is 0 Å². The Morgan fingerprint density at radius 1 is 1.23 bits per heavy atom. The van der Waals surface area contributed by atoms with E-state index in [-0.39, 0.29) is 25.4 Å². The lowest BCUT2D eigenvalue weighted by molar-refractivity contribution is -0.137. The summed E-state index contributed by atoms with van der Waals surface area (Å²) in [6.07, 6.45) is 0.00820. The lowest BCUT2D eigenvalue weighted by Crippen LogP contribution is -2.30. The summed E-state index contributed by atoms with van der Waals surface area (Å²) in [5.41, 5.74) is 0.749. The molecule has 1 atom stereocenters. The fourth-order valence-corrected chi connectivity index (χ4v) is 2.06. The van der Waals surface area contributed by atoms with Gasteiger partial charge in [-0.05, 0) is 17.7 Å². The summed E-state index contributed by atoms with van der Waals surface area (Å²) in [7, 11) is 1.57. The summed E-state index contributed by atoms with van der Waals surface area (Å²) in [6, 6.07) is 6.63. The van der Waals surface area contributed by atoms with E-state index in [0.29, 0.717) is 13.2 Å². The van der Waals surface area contributed by atoms with E-state index in [0.717, 1.165) is 10.0 Å². The van der Waals surface area contributed by atoms with Gasteiger partial charge < -0.3 is 19.9 Å². The van der Waals surface area contributed by atoms with Crippen molar-refractivity contribution in [1.29, 1.82) is 0 Å². The maximum Gasteiger partial charge on any atom is 0.305 e. The average molecular weight is 374 g/mol. The first-order chi connectivity index (χ1) is 10.5. The molecule has 0 aliphatic heterocycles. The molecule has 0 heterocycles. The highest BCUT2D eigenvalue weighted by molar-refractivity contribution is 9.10. The Morgan fingerprint density at radius 2 is 1.91 bits per heavy atom. The third-order valence-electron chi connectivity index (χ3n) is 2.89. The van der Waals surface area contributed by atoms with Gasteiger partial charge in [0.15, 0.2) is 0 Å². The van der Waals surface area contributed by atoms with E-state index in [2.05, 4.69) is 21.2 Å². The fourth-order valence-electron chi connectivity index (χ4n) is 1.80. The van der Waals surface area contributed by atoms with E-state index in [4.69, 9.17) is 14.6 Å². The minimum absolute atomic E-state index is 0.169. The normalized spacial score (nSPS) is 11.9. The number of carbonyl (C=O) groups is 2. The number of ether oxygens (including phenoxy) is 2. The van der Waals surface area contributed by atoms with Gasteiger partial charge in [-0.25, -0.2) is 0 Å². The van der Waals surface area contributed by atoms with Crippen molar-refractivity contribution in [2.45, 2.75) is 18.9 Å². The predicted molar refractivity (Wildman–Crippen MR) is 84.6 cm³/mol. The zero-order valence-corrected chi connectivity index (χ0v) is 14.0. The molecular formula is C15H20BrNO5. The van der Waals surface area contributed by atoms with Crippen molar-refractivity contribution in [3.05, 3.63) is 34.3 Å². The molecule has 22 heavy (non-hydrogen) atoms. The first-order valence-corrected chi connectivity index (χ1v) is 7.65. The summed E-state index contributed by atoms with van der Waals surface area (Å²) in [5.74, 6) is -1.21. The quantitative estimate of drug-likeness (QED) is 0.613. The number of rotatable bonds is 10. The van der Waals surface area contributed by atoms with Gasteiger partial charge in [-0.1, -0.05) is 28.1 Å². The van der Waals surface area contributed by atoms with Crippen molar-refractivity contribution < 1.29 is 24.2 Å². The number of benzene rings is 1. The van der Waals surface area contributed by atoms with Crippen molar-refractivity contribution in [1.82, 2.24) is 5.32 Å². The molecule has 1 aromatic carbocycles. The van der Waals surface area contributed by atoms with Crippen LogP contribution < -0.4 is 5.32 Å². The minimum Gasteiger partial charge on any atom is -0.481 e. The first-order valence-electron chi connectivity index (χ1n) is 6.86. The van der Waals surface area contributed by atoms with Gasteiger partial charge in [0.05, 0.1) is 32.3 Å². The van der Waals surface area contributed by atoms with E-state index < -0.39 is 12.0 Å². The number of carboxylic acids is 1. The third-order valence-corrected chi connectivity index (χ3v) is 3.42. The first kappa shape index (κ1) is 18.6. The van der Waals surface area contributed by atoms with Gasteiger partial charge >= 0.3 is 5.97 Å². The molecule has 122 valence electrons. The van der Waals surface area contributed by atoms with Crippen LogP contribution in [0.1, 0.15) is 24.4 Å². The summed E-state index contributed by atoms with van der Waals surface area (Å²) >= 11 is 3.32. The van der Waals surface area contributed by atoms with E-state index in [9.17, 15) is 9.59 Å². The molecule has 0 aliphatic carbocycles. The van der Waals surface area contributed by atoms with Crippen LogP contribution in [0, 0.1) is 0 Å². The SMILES string of the molecule is COCCOCCC(=O)NC(CC(=O)O)c1ccc(Br)cc1. The topological polar surface area (TPSA) is 84.9 Å². The number of hydrogen-bond acceptors (Lipinski definition) is 4. The minimum atomic E-state index is -0.968. The summed E-state index contributed by atoms with van der Waals surface area (Å²) in [4.78, 5) is 22.8. The van der Waals surface area contributed by atoms with Crippen LogP contribution in [0.15, 0.2) is 28.7 Å². The monoisotopic (exact) mass is 373 g/mol. The highest BCUT2D eigenvalue weighted by Crippen LogP contribution is 2.20. The Morgan fingerprint density at radius 3 is 2.50 bits per heavy atom. The second-order valence-corrected chi connectivity index (χ2v) is 5.54. The molecule has 6 nitrogen and oxygen atoms in total. The molecule has 0 saturated carbocycles. The summed E-state index contributed by atoms with van der Waals surface area (Å²) in [5, 5.41) is 11.7. The molecule has 0 aromatic heterocycles. The smallest absolute Gasteiger partial charge is 0.305 e. The standard InChI is InChI=1S/C15H20BrNO5/c1-21-8-9-22-7-6-14(18)17-13(10-15(19)20)11-2-4-12(16)5-3-11/h2-5,13H,6-10H2,1H3,(H,17,18)(H,19,20). The van der Waals surface area contributed by atoms with Crippen LogP contribution >= 0.6 is 15.9 Å². The van der Waals surface area contributed by atoms with Crippen LogP contribution in [-0.4, -0.2) is 43.9 Å². The van der Waals surface area contributed by atoms with Gasteiger partial charge in [-0.2, -0.15) is 0 Å². The number of hydrogen-bond donors (Lipinski definition) is 2. The number of carbonyl (C=O) groups excluding carboxylic acids is 1. The van der Waals surface area contributed by atoms with Crippen molar-refractivity contribution in [3.63, 3.8) is 0 Å². The summed E-state index contributed by atoms with van der Waals surface area (Å²) in [6.45, 7) is 1.17. The Labute approximate surface area is 137 Å². The predicted octanol–water partition coefficient (Wildman–Crippen LogP) is 2.13. The Bertz CT molecular complexity index is 477. The fraction of sp³-hybridized carbons (Fsp3) is 0.467. The van der Waals surface area contributed by atoms with Gasteiger partial charge in [0, 0.05) is 18.0 Å².